The highest BCUT2D eigenvalue weighted by Crippen LogP contribution is 2.39. The smallest absolute Gasteiger partial charge is 0.438 e. The third-order valence-corrected chi connectivity index (χ3v) is 2.68. The number of hydrogen-bond acceptors (Lipinski definition) is 4. The van der Waals surface area contributed by atoms with Gasteiger partial charge in [-0.25, -0.2) is 0 Å². The molecule has 0 fully saturated rings. The summed E-state index contributed by atoms with van der Waals surface area (Å²) in [5.74, 6) is -1.24. The molecule has 19 heavy (non-hydrogen) atoms. The van der Waals surface area contributed by atoms with Crippen LogP contribution in [0.4, 0.5) is 13.2 Å². The molecule has 8 heteroatoms. The van der Waals surface area contributed by atoms with Crippen LogP contribution in [-0.4, -0.2) is 39.2 Å². The first-order chi connectivity index (χ1) is 8.75. The van der Waals surface area contributed by atoms with Crippen LogP contribution in [0, 0.1) is 0 Å². The van der Waals surface area contributed by atoms with E-state index in [9.17, 15) is 23.1 Å². The molecule has 0 bridgehead atoms. The van der Waals surface area contributed by atoms with Gasteiger partial charge < -0.3 is 10.2 Å². The fourth-order valence-corrected chi connectivity index (χ4v) is 1.61. The second kappa shape index (κ2) is 4.23. The van der Waals surface area contributed by atoms with Gasteiger partial charge in [0.15, 0.2) is 0 Å². The molecule has 1 aromatic carbocycles. The second-order valence-electron chi connectivity index (χ2n) is 3.98. The molecule has 1 aromatic rings. The lowest BCUT2D eigenvalue weighted by Crippen LogP contribution is -2.56. The summed E-state index contributed by atoms with van der Waals surface area (Å²) in [7, 11) is 0. The Balaban J connectivity index is 2.33. The largest absolute Gasteiger partial charge is 0.508 e. The van der Waals surface area contributed by atoms with E-state index in [2.05, 4.69) is 5.10 Å². The van der Waals surface area contributed by atoms with Crippen molar-refractivity contribution in [3.05, 3.63) is 29.8 Å². The standard InChI is InChI=1S/C11H9F3N2O3/c12-11(13,14)10(19)5-6-15-16(10)9(18)7-1-3-8(17)4-2-7/h1-4,6,17,19H,5H2/t10-/m1/s1. The minimum absolute atomic E-state index is 0.000614. The number of nitrogens with zero attached hydrogens (tertiary/aromatic N) is 2. The number of amides is 1. The molecule has 1 aliphatic rings. The number of aliphatic hydroxyl groups is 1. The van der Waals surface area contributed by atoms with Gasteiger partial charge in [-0.2, -0.15) is 23.3 Å². The number of alkyl halides is 3. The van der Waals surface area contributed by atoms with Crippen LogP contribution >= 0.6 is 0 Å². The topological polar surface area (TPSA) is 73.1 Å². The zero-order valence-corrected chi connectivity index (χ0v) is 9.42. The lowest BCUT2D eigenvalue weighted by atomic mass is 10.1. The van der Waals surface area contributed by atoms with Gasteiger partial charge in [-0.05, 0) is 24.3 Å². The SMILES string of the molecule is O=C(c1ccc(O)cc1)N1N=CC[C@@]1(O)C(F)(F)F. The molecule has 0 aromatic heterocycles. The van der Waals surface area contributed by atoms with Crippen LogP contribution in [0.2, 0.25) is 0 Å². The summed E-state index contributed by atoms with van der Waals surface area (Å²) in [4.78, 5) is 11.9. The summed E-state index contributed by atoms with van der Waals surface area (Å²) in [5.41, 5.74) is -3.46. The zero-order valence-electron chi connectivity index (χ0n) is 9.42. The van der Waals surface area contributed by atoms with Gasteiger partial charge in [-0.1, -0.05) is 0 Å². The molecule has 0 spiro atoms. The summed E-state index contributed by atoms with van der Waals surface area (Å²) >= 11 is 0. The normalized spacial score (nSPS) is 22.8. The predicted molar refractivity (Wildman–Crippen MR) is 58.4 cm³/mol. The summed E-state index contributed by atoms with van der Waals surface area (Å²) in [5, 5.41) is 21.9. The van der Waals surface area contributed by atoms with Crippen molar-refractivity contribution in [2.75, 3.05) is 0 Å². The fourth-order valence-electron chi connectivity index (χ4n) is 1.61. The van der Waals surface area contributed by atoms with Crippen LogP contribution in [0.15, 0.2) is 29.4 Å². The molecule has 2 N–H and O–H groups in total. The molecule has 0 unspecified atom stereocenters. The number of aromatic hydroxyl groups is 1. The average molecular weight is 274 g/mol. The molecule has 0 radical (unpaired) electrons. The van der Waals surface area contributed by atoms with Gasteiger partial charge in [0.25, 0.3) is 11.6 Å². The van der Waals surface area contributed by atoms with Gasteiger partial charge in [0.2, 0.25) is 0 Å². The van der Waals surface area contributed by atoms with Crippen LogP contribution in [-0.2, 0) is 0 Å². The Morgan fingerprint density at radius 2 is 1.89 bits per heavy atom. The minimum Gasteiger partial charge on any atom is -0.508 e. The summed E-state index contributed by atoms with van der Waals surface area (Å²) < 4.78 is 38.3. The van der Waals surface area contributed by atoms with Crippen molar-refractivity contribution in [3.63, 3.8) is 0 Å². The van der Waals surface area contributed by atoms with Crippen molar-refractivity contribution in [2.45, 2.75) is 18.3 Å². The maximum absolute atomic E-state index is 12.8. The van der Waals surface area contributed by atoms with Crippen LogP contribution in [0.3, 0.4) is 0 Å². The van der Waals surface area contributed by atoms with E-state index in [1.165, 1.54) is 0 Å². The van der Waals surface area contributed by atoms with Crippen molar-refractivity contribution in [1.29, 1.82) is 0 Å². The van der Waals surface area contributed by atoms with Crippen LogP contribution < -0.4 is 0 Å². The summed E-state index contributed by atoms with van der Waals surface area (Å²) in [6, 6.07) is 4.59. The third kappa shape index (κ3) is 2.14. The number of carbonyl (C=O) groups is 1. The Hall–Kier alpha value is -2.09. The van der Waals surface area contributed by atoms with Gasteiger partial charge >= 0.3 is 6.18 Å². The molecular weight excluding hydrogens is 265 g/mol. The number of carbonyl (C=O) groups excluding carboxylic acids is 1. The Kier molecular flexibility index (Phi) is 2.97. The van der Waals surface area contributed by atoms with Crippen molar-refractivity contribution >= 4 is 12.1 Å². The van der Waals surface area contributed by atoms with Gasteiger partial charge in [0.1, 0.15) is 5.75 Å². The average Bonchev–Trinajstić information content (AvgIpc) is 2.72. The first-order valence-electron chi connectivity index (χ1n) is 5.21. The van der Waals surface area contributed by atoms with Crippen molar-refractivity contribution < 1.29 is 28.2 Å². The molecular formula is C11H9F3N2O3. The number of benzene rings is 1. The van der Waals surface area contributed by atoms with Gasteiger partial charge in [0.05, 0.1) is 0 Å². The van der Waals surface area contributed by atoms with Gasteiger partial charge in [0, 0.05) is 18.2 Å². The van der Waals surface area contributed by atoms with E-state index in [1.54, 1.807) is 0 Å². The number of phenols is 1. The molecule has 0 saturated carbocycles. The third-order valence-electron chi connectivity index (χ3n) is 2.68. The van der Waals surface area contributed by atoms with Crippen LogP contribution in [0.25, 0.3) is 0 Å². The highest BCUT2D eigenvalue weighted by Gasteiger charge is 2.61. The predicted octanol–water partition coefficient (Wildman–Crippen LogP) is 1.47. The van der Waals surface area contributed by atoms with E-state index in [-0.39, 0.29) is 16.3 Å². The summed E-state index contributed by atoms with van der Waals surface area (Å²) in [6.45, 7) is 0. The highest BCUT2D eigenvalue weighted by molar-refractivity contribution is 5.95. The highest BCUT2D eigenvalue weighted by atomic mass is 19.4. The first kappa shape index (κ1) is 13.3. The number of hydrogen-bond donors (Lipinski definition) is 2. The van der Waals surface area contributed by atoms with E-state index in [0.29, 0.717) is 0 Å². The van der Waals surface area contributed by atoms with E-state index in [4.69, 9.17) is 5.11 Å². The maximum atomic E-state index is 12.8. The minimum atomic E-state index is -5.02. The quantitative estimate of drug-likeness (QED) is 0.814. The summed E-state index contributed by atoms with van der Waals surface area (Å²) in [6.07, 6.45) is -5.01. The van der Waals surface area contributed by atoms with E-state index in [0.717, 1.165) is 30.5 Å². The lowest BCUT2D eigenvalue weighted by molar-refractivity contribution is -0.297. The number of phenolic OH excluding ortho intramolecular Hbond substituents is 1. The van der Waals surface area contributed by atoms with Crippen molar-refractivity contribution in [2.24, 2.45) is 5.10 Å². The Morgan fingerprint density at radius 1 is 1.32 bits per heavy atom. The molecule has 2 rings (SSSR count). The molecule has 1 atom stereocenters. The Morgan fingerprint density at radius 3 is 2.42 bits per heavy atom. The lowest BCUT2D eigenvalue weighted by Gasteiger charge is -2.32. The van der Waals surface area contributed by atoms with E-state index >= 15 is 0 Å². The second-order valence-corrected chi connectivity index (χ2v) is 3.98. The Labute approximate surface area is 105 Å². The molecule has 1 aliphatic heterocycles. The molecule has 0 aliphatic carbocycles. The number of hydrazone groups is 1. The van der Waals surface area contributed by atoms with E-state index in [1.807, 2.05) is 0 Å². The molecule has 0 saturated heterocycles. The number of halogens is 3. The molecule has 1 amide bonds. The van der Waals surface area contributed by atoms with E-state index < -0.39 is 24.2 Å². The van der Waals surface area contributed by atoms with Gasteiger partial charge in [-0.3, -0.25) is 4.79 Å². The zero-order chi connectivity index (χ0) is 14.3. The monoisotopic (exact) mass is 274 g/mol. The van der Waals surface area contributed by atoms with Crippen molar-refractivity contribution in [1.82, 2.24) is 5.01 Å². The van der Waals surface area contributed by atoms with Gasteiger partial charge in [-0.15, -0.1) is 0 Å². The molecule has 5 nitrogen and oxygen atoms in total. The Bertz CT molecular complexity index is 527. The van der Waals surface area contributed by atoms with Crippen molar-refractivity contribution in [3.8, 4) is 5.75 Å². The van der Waals surface area contributed by atoms with Crippen LogP contribution in [0.5, 0.6) is 5.75 Å². The molecule has 1 heterocycles. The first-order valence-corrected chi connectivity index (χ1v) is 5.21. The fraction of sp³-hybridized carbons (Fsp3) is 0.273. The molecule has 102 valence electrons. The van der Waals surface area contributed by atoms with Crippen LogP contribution in [0.1, 0.15) is 16.8 Å². The maximum Gasteiger partial charge on any atom is 0.438 e. The number of rotatable bonds is 1.